The van der Waals surface area contributed by atoms with Crippen LogP contribution < -0.4 is 4.72 Å². The molecular weight excluding hydrogens is 509 g/mol. The summed E-state index contributed by atoms with van der Waals surface area (Å²) in [5.74, 6) is -0.206. The molecule has 0 heterocycles. The Kier molecular flexibility index (Phi) is 12.0. The van der Waals surface area contributed by atoms with Crippen molar-refractivity contribution < 1.29 is 18.3 Å². The molecule has 5 nitrogen and oxygen atoms in total. The molecule has 2 N–H and O–H groups in total. The van der Waals surface area contributed by atoms with Crippen LogP contribution in [0.4, 0.5) is 0 Å². The second kappa shape index (κ2) is 13.1. The minimum atomic E-state index is -3.49. The van der Waals surface area contributed by atoms with Crippen LogP contribution in [-0.4, -0.2) is 42.3 Å². The molecule has 1 aliphatic rings. The van der Waals surface area contributed by atoms with Crippen molar-refractivity contribution in [2.75, 3.05) is 11.5 Å². The molecule has 160 valence electrons. The first kappa shape index (κ1) is 25.7. The maximum absolute atomic E-state index is 11.9. The second-order valence-electron chi connectivity index (χ2n) is 7.26. The number of sulfonamides is 1. The third-order valence-electron chi connectivity index (χ3n) is 4.40. The van der Waals surface area contributed by atoms with Crippen LogP contribution in [0.15, 0.2) is 33.0 Å². The summed E-state index contributed by atoms with van der Waals surface area (Å²) < 4.78 is 27.5. The van der Waals surface area contributed by atoms with Crippen LogP contribution >= 0.6 is 34.4 Å². The van der Waals surface area contributed by atoms with Crippen LogP contribution in [0.1, 0.15) is 59.3 Å². The molecular formula is C20H32INO4S2. The number of carbonyl (C=O) groups is 1. The summed E-state index contributed by atoms with van der Waals surface area (Å²) in [6.45, 7) is 6.35. The van der Waals surface area contributed by atoms with Crippen LogP contribution in [0, 0.1) is 0 Å². The predicted molar refractivity (Wildman–Crippen MR) is 128 cm³/mol. The van der Waals surface area contributed by atoms with E-state index in [0.717, 1.165) is 25.7 Å². The fourth-order valence-corrected chi connectivity index (χ4v) is 5.41. The quantitative estimate of drug-likeness (QED) is 0.183. The summed E-state index contributed by atoms with van der Waals surface area (Å²) in [5.41, 5.74) is 2.67. The molecule has 0 aromatic rings. The maximum atomic E-state index is 11.9. The number of halogens is 1. The van der Waals surface area contributed by atoms with E-state index in [1.165, 1.54) is 26.5 Å². The summed E-state index contributed by atoms with van der Waals surface area (Å²) in [5, 5.41) is 8.84. The standard InChI is InChI=1S/C20H32INO4S2/c1-15(8-5-9-17(3)21)6-4-7-16(2)12-13-27-14-19(20(23)24)22-28(25,26)18-10-11-18/h6,9,12,18-19,22H,4-5,7-8,10-11,13-14H2,1-3H3,(H,23,24)/b15-6+,16-12+,17-9+/t19-/m0/s1. The average molecular weight is 542 g/mol. The van der Waals surface area contributed by atoms with Crippen molar-refractivity contribution in [3.8, 4) is 0 Å². The number of rotatable bonds is 14. The second-order valence-corrected chi connectivity index (χ2v) is 12.0. The summed E-state index contributed by atoms with van der Waals surface area (Å²) in [4.78, 5) is 11.3. The van der Waals surface area contributed by atoms with Gasteiger partial charge in [-0.25, -0.2) is 8.42 Å². The fourth-order valence-electron chi connectivity index (χ4n) is 2.46. The van der Waals surface area contributed by atoms with E-state index in [1.807, 2.05) is 0 Å². The van der Waals surface area contributed by atoms with Crippen molar-refractivity contribution in [1.29, 1.82) is 0 Å². The number of nitrogens with one attached hydrogen (secondary N) is 1. The molecule has 0 aliphatic heterocycles. The first-order chi connectivity index (χ1) is 13.1. The molecule has 0 amide bonds. The van der Waals surface area contributed by atoms with Gasteiger partial charge in [0.25, 0.3) is 0 Å². The predicted octanol–water partition coefficient (Wildman–Crippen LogP) is 5.05. The van der Waals surface area contributed by atoms with Crippen LogP contribution in [0.2, 0.25) is 0 Å². The lowest BCUT2D eigenvalue weighted by Crippen LogP contribution is -2.44. The van der Waals surface area contributed by atoms with Gasteiger partial charge in [-0.2, -0.15) is 16.5 Å². The van der Waals surface area contributed by atoms with Gasteiger partial charge >= 0.3 is 5.97 Å². The Bertz CT molecular complexity index is 706. The van der Waals surface area contributed by atoms with Gasteiger partial charge in [-0.15, -0.1) is 0 Å². The Labute approximate surface area is 187 Å². The van der Waals surface area contributed by atoms with Gasteiger partial charge in [0, 0.05) is 11.5 Å². The molecule has 8 heteroatoms. The lowest BCUT2D eigenvalue weighted by atomic mass is 10.1. The van der Waals surface area contributed by atoms with E-state index in [4.69, 9.17) is 0 Å². The third-order valence-corrected chi connectivity index (χ3v) is 7.77. The number of hydrogen-bond donors (Lipinski definition) is 2. The van der Waals surface area contributed by atoms with Crippen molar-refractivity contribution in [3.05, 3.63) is 33.0 Å². The molecule has 1 aliphatic carbocycles. The molecule has 1 saturated carbocycles. The molecule has 1 fully saturated rings. The van der Waals surface area contributed by atoms with Gasteiger partial charge in [-0.05, 0) is 85.5 Å². The van der Waals surface area contributed by atoms with Crippen molar-refractivity contribution in [1.82, 2.24) is 4.72 Å². The van der Waals surface area contributed by atoms with Crippen molar-refractivity contribution in [2.24, 2.45) is 0 Å². The summed E-state index contributed by atoms with van der Waals surface area (Å²) in [7, 11) is -3.49. The molecule has 0 radical (unpaired) electrons. The van der Waals surface area contributed by atoms with Crippen molar-refractivity contribution in [2.45, 2.75) is 70.6 Å². The zero-order chi connectivity index (χ0) is 21.2. The number of thioether (sulfide) groups is 1. The molecule has 0 spiro atoms. The molecule has 0 unspecified atom stereocenters. The summed E-state index contributed by atoms with van der Waals surface area (Å²) in [6.07, 6.45) is 12.0. The highest BCUT2D eigenvalue weighted by atomic mass is 127. The monoisotopic (exact) mass is 541 g/mol. The molecule has 0 aromatic carbocycles. The van der Waals surface area contributed by atoms with Gasteiger partial charge in [0.1, 0.15) is 6.04 Å². The molecule has 28 heavy (non-hydrogen) atoms. The number of carboxylic acid groups (broad SMARTS) is 1. The van der Waals surface area contributed by atoms with Crippen molar-refractivity contribution in [3.63, 3.8) is 0 Å². The summed E-state index contributed by atoms with van der Waals surface area (Å²) in [6, 6.07) is -1.06. The van der Waals surface area contributed by atoms with Crippen molar-refractivity contribution >= 4 is 50.3 Å². The zero-order valence-corrected chi connectivity index (χ0v) is 20.7. The van der Waals surface area contributed by atoms with E-state index < -0.39 is 27.3 Å². The lowest BCUT2D eigenvalue weighted by Gasteiger charge is -2.13. The van der Waals surface area contributed by atoms with Gasteiger partial charge in [-0.3, -0.25) is 4.79 Å². The van der Waals surface area contributed by atoms with E-state index in [9.17, 15) is 18.3 Å². The zero-order valence-electron chi connectivity index (χ0n) is 16.9. The summed E-state index contributed by atoms with van der Waals surface area (Å²) >= 11 is 3.77. The van der Waals surface area contributed by atoms with E-state index in [0.29, 0.717) is 18.6 Å². The highest BCUT2D eigenvalue weighted by Crippen LogP contribution is 2.27. The number of allylic oxidation sites excluding steroid dienone is 5. The van der Waals surface area contributed by atoms with Gasteiger partial charge < -0.3 is 5.11 Å². The van der Waals surface area contributed by atoms with Gasteiger partial charge in [0.2, 0.25) is 10.0 Å². The third kappa shape index (κ3) is 11.6. The molecule has 0 saturated heterocycles. The maximum Gasteiger partial charge on any atom is 0.322 e. The number of aliphatic carboxylic acids is 1. The van der Waals surface area contributed by atoms with Gasteiger partial charge in [0.05, 0.1) is 5.25 Å². The Morgan fingerprint density at radius 3 is 2.25 bits per heavy atom. The van der Waals surface area contributed by atoms with E-state index in [1.54, 1.807) is 0 Å². The largest absolute Gasteiger partial charge is 0.480 e. The van der Waals surface area contributed by atoms with Crippen LogP contribution in [-0.2, 0) is 14.8 Å². The SMILES string of the molecule is C/C(I)=C\CC/C(C)=C/CC/C(C)=C/CSC[C@H](NS(=O)(=O)C1CC1)C(=O)O. The fraction of sp³-hybridized carbons (Fsp3) is 0.650. The number of hydrogen-bond acceptors (Lipinski definition) is 4. The normalized spacial score (nSPS) is 17.6. The van der Waals surface area contributed by atoms with Crippen LogP contribution in [0.5, 0.6) is 0 Å². The Morgan fingerprint density at radius 1 is 1.14 bits per heavy atom. The Balaban J connectivity index is 2.30. The average Bonchev–Trinajstić information content (AvgIpc) is 3.42. The van der Waals surface area contributed by atoms with E-state index in [2.05, 4.69) is 66.3 Å². The molecule has 0 aromatic heterocycles. The molecule has 0 bridgehead atoms. The Hall–Kier alpha value is -0.320. The minimum absolute atomic E-state index is 0.230. The molecule has 1 atom stereocenters. The lowest BCUT2D eigenvalue weighted by molar-refractivity contribution is -0.138. The van der Waals surface area contributed by atoms with E-state index in [-0.39, 0.29) is 5.75 Å². The van der Waals surface area contributed by atoms with E-state index >= 15 is 0 Å². The molecule has 1 rings (SSSR count). The number of carboxylic acids is 1. The first-order valence-electron chi connectivity index (χ1n) is 9.57. The van der Waals surface area contributed by atoms with Crippen LogP contribution in [0.25, 0.3) is 0 Å². The van der Waals surface area contributed by atoms with Gasteiger partial charge in [-0.1, -0.05) is 29.4 Å². The smallest absolute Gasteiger partial charge is 0.322 e. The Morgan fingerprint density at radius 2 is 1.71 bits per heavy atom. The van der Waals surface area contributed by atoms with Gasteiger partial charge in [0.15, 0.2) is 0 Å². The van der Waals surface area contributed by atoms with Crippen LogP contribution in [0.3, 0.4) is 0 Å². The highest BCUT2D eigenvalue weighted by molar-refractivity contribution is 14.1. The first-order valence-corrected chi connectivity index (χ1v) is 13.3. The highest BCUT2D eigenvalue weighted by Gasteiger charge is 2.38. The topological polar surface area (TPSA) is 83.5 Å². The minimum Gasteiger partial charge on any atom is -0.480 e.